The lowest BCUT2D eigenvalue weighted by Crippen LogP contribution is -2.00. The molecule has 0 atom stereocenters. The fourth-order valence-electron chi connectivity index (χ4n) is 1.96. The lowest BCUT2D eigenvalue weighted by atomic mass is 10.2. The molecular weight excluding hydrogens is 280 g/mol. The van der Waals surface area contributed by atoms with Gasteiger partial charge < -0.3 is 19.7 Å². The van der Waals surface area contributed by atoms with Gasteiger partial charge in [-0.15, -0.1) is 0 Å². The zero-order chi connectivity index (χ0) is 15.6. The third-order valence-corrected chi connectivity index (χ3v) is 3.12. The van der Waals surface area contributed by atoms with Crippen molar-refractivity contribution < 1.29 is 19.7 Å². The number of benzene rings is 2. The van der Waals surface area contributed by atoms with E-state index in [0.717, 1.165) is 11.1 Å². The summed E-state index contributed by atoms with van der Waals surface area (Å²) in [4.78, 5) is 0. The van der Waals surface area contributed by atoms with E-state index < -0.39 is 0 Å². The van der Waals surface area contributed by atoms with Crippen molar-refractivity contribution in [3.05, 3.63) is 71.8 Å². The van der Waals surface area contributed by atoms with Gasteiger partial charge in [0.15, 0.2) is 0 Å². The molecule has 0 bridgehead atoms. The first-order valence-electron chi connectivity index (χ1n) is 7.13. The summed E-state index contributed by atoms with van der Waals surface area (Å²) in [6.07, 6.45) is 3.71. The average molecular weight is 300 g/mol. The summed E-state index contributed by atoms with van der Waals surface area (Å²) < 4.78 is 11.2. The maximum atomic E-state index is 9.20. The van der Waals surface area contributed by atoms with E-state index in [1.165, 1.54) is 0 Å². The highest BCUT2D eigenvalue weighted by Gasteiger charge is 2.00. The number of rotatable bonds is 8. The van der Waals surface area contributed by atoms with Crippen molar-refractivity contribution in [3.8, 4) is 11.5 Å². The molecule has 4 heteroatoms. The molecule has 2 N–H and O–H groups in total. The molecule has 0 aliphatic carbocycles. The Labute approximate surface area is 130 Å². The Bertz CT molecular complexity index is 554. The van der Waals surface area contributed by atoms with Gasteiger partial charge >= 0.3 is 0 Å². The minimum absolute atomic E-state index is 0.0407. The van der Waals surface area contributed by atoms with Crippen LogP contribution >= 0.6 is 0 Å². The third kappa shape index (κ3) is 4.62. The van der Waals surface area contributed by atoms with Crippen LogP contribution in [0.25, 0.3) is 0 Å². The molecule has 2 aromatic rings. The highest BCUT2D eigenvalue weighted by atomic mass is 16.5. The summed E-state index contributed by atoms with van der Waals surface area (Å²) >= 11 is 0. The molecule has 116 valence electrons. The molecule has 0 saturated carbocycles. The van der Waals surface area contributed by atoms with Gasteiger partial charge in [0.05, 0.1) is 13.2 Å². The summed E-state index contributed by atoms with van der Waals surface area (Å²) in [6.45, 7) is 0.728. The number of aliphatic hydroxyl groups is 2. The van der Waals surface area contributed by atoms with Gasteiger partial charge in [-0.3, -0.25) is 0 Å². The van der Waals surface area contributed by atoms with E-state index in [1.807, 2.05) is 60.7 Å². The molecule has 2 rings (SSSR count). The smallest absolute Gasteiger partial charge is 0.125 e. The second-order valence-corrected chi connectivity index (χ2v) is 4.63. The topological polar surface area (TPSA) is 58.9 Å². The summed E-state index contributed by atoms with van der Waals surface area (Å²) in [5, 5.41) is 18.4. The van der Waals surface area contributed by atoms with Crippen LogP contribution < -0.4 is 9.47 Å². The van der Waals surface area contributed by atoms with Gasteiger partial charge in [0.2, 0.25) is 0 Å². The molecule has 4 nitrogen and oxygen atoms in total. The van der Waals surface area contributed by atoms with Gasteiger partial charge in [0.1, 0.15) is 24.7 Å². The highest BCUT2D eigenvalue weighted by Crippen LogP contribution is 2.18. The lowest BCUT2D eigenvalue weighted by molar-refractivity contribution is 0.268. The number of para-hydroxylation sites is 2. The van der Waals surface area contributed by atoms with Gasteiger partial charge in [-0.05, 0) is 24.3 Å². The van der Waals surface area contributed by atoms with Crippen molar-refractivity contribution >= 4 is 0 Å². The molecule has 0 saturated heterocycles. The van der Waals surface area contributed by atoms with E-state index in [-0.39, 0.29) is 13.2 Å². The molecule has 0 aromatic heterocycles. The summed E-state index contributed by atoms with van der Waals surface area (Å²) in [5.41, 5.74) is 1.54. The fourth-order valence-corrected chi connectivity index (χ4v) is 1.96. The monoisotopic (exact) mass is 300 g/mol. The van der Waals surface area contributed by atoms with Crippen molar-refractivity contribution in [2.45, 2.75) is 13.2 Å². The number of ether oxygens (including phenoxy) is 2. The molecule has 0 heterocycles. The Morgan fingerprint density at radius 2 is 1.09 bits per heavy atom. The molecule has 22 heavy (non-hydrogen) atoms. The van der Waals surface area contributed by atoms with Crippen molar-refractivity contribution in [1.29, 1.82) is 0 Å². The molecule has 0 amide bonds. The summed E-state index contributed by atoms with van der Waals surface area (Å²) in [5.74, 6) is 1.36. The van der Waals surface area contributed by atoms with Gasteiger partial charge in [0, 0.05) is 11.1 Å². The second-order valence-electron chi connectivity index (χ2n) is 4.63. The first-order valence-corrected chi connectivity index (χ1v) is 7.13. The first-order chi connectivity index (χ1) is 10.8. The maximum Gasteiger partial charge on any atom is 0.125 e. The standard InChI is InChI=1S/C18H20O4/c19-13-15-7-1-3-9-17(15)21-11-5-6-12-22-18-10-4-2-8-16(18)14-20/h1-10,19-20H,11-14H2/b6-5+. The second kappa shape index (κ2) is 8.87. The van der Waals surface area contributed by atoms with Crippen LogP contribution in [-0.2, 0) is 13.2 Å². The molecule has 0 aliphatic rings. The maximum absolute atomic E-state index is 9.20. The normalized spacial score (nSPS) is 10.8. The zero-order valence-electron chi connectivity index (χ0n) is 12.3. The summed E-state index contributed by atoms with van der Waals surface area (Å²) in [7, 11) is 0. The van der Waals surface area contributed by atoms with Gasteiger partial charge in [-0.25, -0.2) is 0 Å². The third-order valence-electron chi connectivity index (χ3n) is 3.12. The van der Waals surface area contributed by atoms with E-state index >= 15 is 0 Å². The van der Waals surface area contributed by atoms with Crippen LogP contribution in [0.3, 0.4) is 0 Å². The van der Waals surface area contributed by atoms with E-state index in [1.54, 1.807) is 0 Å². The predicted molar refractivity (Wildman–Crippen MR) is 84.9 cm³/mol. The quantitative estimate of drug-likeness (QED) is 0.736. The van der Waals surface area contributed by atoms with Crippen molar-refractivity contribution in [2.24, 2.45) is 0 Å². The van der Waals surface area contributed by atoms with Gasteiger partial charge in [-0.2, -0.15) is 0 Å². The van der Waals surface area contributed by atoms with Crippen LogP contribution in [0.1, 0.15) is 11.1 Å². The minimum atomic E-state index is -0.0407. The fraction of sp³-hybridized carbons (Fsp3) is 0.222. The molecule has 0 spiro atoms. The van der Waals surface area contributed by atoms with Crippen LogP contribution in [0, 0.1) is 0 Å². The SMILES string of the molecule is OCc1ccccc1OC/C=C/COc1ccccc1CO. The van der Waals surface area contributed by atoms with Crippen molar-refractivity contribution in [3.63, 3.8) is 0 Å². The Morgan fingerprint density at radius 3 is 1.50 bits per heavy atom. The molecule has 0 aliphatic heterocycles. The zero-order valence-corrected chi connectivity index (χ0v) is 12.3. The highest BCUT2D eigenvalue weighted by molar-refractivity contribution is 5.33. The largest absolute Gasteiger partial charge is 0.489 e. The van der Waals surface area contributed by atoms with Crippen LogP contribution in [-0.4, -0.2) is 23.4 Å². The van der Waals surface area contributed by atoms with E-state index in [2.05, 4.69) is 0 Å². The van der Waals surface area contributed by atoms with Crippen molar-refractivity contribution in [1.82, 2.24) is 0 Å². The average Bonchev–Trinajstić information content (AvgIpc) is 2.58. The van der Waals surface area contributed by atoms with Crippen LogP contribution in [0.4, 0.5) is 0 Å². The Balaban J connectivity index is 1.77. The minimum Gasteiger partial charge on any atom is -0.489 e. The lowest BCUT2D eigenvalue weighted by Gasteiger charge is -2.08. The van der Waals surface area contributed by atoms with Crippen LogP contribution in [0.5, 0.6) is 11.5 Å². The number of hydrogen-bond acceptors (Lipinski definition) is 4. The number of hydrogen-bond donors (Lipinski definition) is 2. The Morgan fingerprint density at radius 1 is 0.682 bits per heavy atom. The van der Waals surface area contributed by atoms with E-state index in [9.17, 15) is 10.2 Å². The predicted octanol–water partition coefficient (Wildman–Crippen LogP) is 2.69. The van der Waals surface area contributed by atoms with Crippen LogP contribution in [0.2, 0.25) is 0 Å². The van der Waals surface area contributed by atoms with Crippen LogP contribution in [0.15, 0.2) is 60.7 Å². The van der Waals surface area contributed by atoms with Gasteiger partial charge in [-0.1, -0.05) is 36.4 Å². The summed E-state index contributed by atoms with van der Waals surface area (Å²) in [6, 6.07) is 14.8. The van der Waals surface area contributed by atoms with E-state index in [0.29, 0.717) is 24.7 Å². The molecule has 0 radical (unpaired) electrons. The first kappa shape index (κ1) is 16.1. The molecule has 0 fully saturated rings. The van der Waals surface area contributed by atoms with E-state index in [4.69, 9.17) is 9.47 Å². The molecule has 2 aromatic carbocycles. The molecule has 0 unspecified atom stereocenters. The molecular formula is C18H20O4. The Kier molecular flexibility index (Phi) is 6.48. The number of aliphatic hydroxyl groups excluding tert-OH is 2. The van der Waals surface area contributed by atoms with Gasteiger partial charge in [0.25, 0.3) is 0 Å². The van der Waals surface area contributed by atoms with Crippen molar-refractivity contribution in [2.75, 3.05) is 13.2 Å². The Hall–Kier alpha value is -2.30.